The van der Waals surface area contributed by atoms with E-state index in [0.29, 0.717) is 5.75 Å². The van der Waals surface area contributed by atoms with Crippen LogP contribution >= 0.6 is 0 Å². The number of halogens is 1. The number of hydrogen-bond donors (Lipinski definition) is 2. The summed E-state index contributed by atoms with van der Waals surface area (Å²) in [6.07, 6.45) is 0. The maximum absolute atomic E-state index is 13.6. The van der Waals surface area contributed by atoms with Crippen molar-refractivity contribution < 1.29 is 9.13 Å². The highest BCUT2D eigenvalue weighted by Gasteiger charge is 2.32. The van der Waals surface area contributed by atoms with Gasteiger partial charge in [0.2, 0.25) is 0 Å². The molecule has 4 nitrogen and oxygen atoms in total. The Morgan fingerprint density at radius 1 is 1.24 bits per heavy atom. The lowest BCUT2D eigenvalue weighted by molar-refractivity contribution is 0.362. The van der Waals surface area contributed by atoms with E-state index in [1.807, 2.05) is 12.1 Å². The Labute approximate surface area is 147 Å². The van der Waals surface area contributed by atoms with Gasteiger partial charge in [0.15, 0.2) is 0 Å². The summed E-state index contributed by atoms with van der Waals surface area (Å²) >= 11 is 0. The van der Waals surface area contributed by atoms with Crippen LogP contribution in [0, 0.1) is 5.82 Å². The predicted octanol–water partition coefficient (Wildman–Crippen LogP) is 3.52. The molecule has 0 saturated heterocycles. The van der Waals surface area contributed by atoms with Gasteiger partial charge in [0.1, 0.15) is 11.6 Å². The molecule has 0 radical (unpaired) electrons. The van der Waals surface area contributed by atoms with Gasteiger partial charge in [-0.05, 0) is 29.8 Å². The highest BCUT2D eigenvalue weighted by molar-refractivity contribution is 5.86. The highest BCUT2D eigenvalue weighted by Crippen LogP contribution is 2.44. The number of fused-ring (bicyclic) bond motifs is 1. The van der Waals surface area contributed by atoms with E-state index in [4.69, 9.17) is 10.5 Å². The first-order chi connectivity index (χ1) is 12.1. The molecule has 3 N–H and O–H groups in total. The number of benzene rings is 2. The van der Waals surface area contributed by atoms with E-state index in [-0.39, 0.29) is 11.9 Å². The summed E-state index contributed by atoms with van der Waals surface area (Å²) < 4.78 is 19.0. The Morgan fingerprint density at radius 3 is 2.84 bits per heavy atom. The van der Waals surface area contributed by atoms with E-state index < -0.39 is 0 Å². The molecule has 2 aliphatic rings. The minimum absolute atomic E-state index is 0.116. The number of hydrogen-bond acceptors (Lipinski definition) is 4. The number of ether oxygens (including phenoxy) is 1. The van der Waals surface area contributed by atoms with Gasteiger partial charge in [-0.1, -0.05) is 25.1 Å². The SMILES string of the molecule is CCN1CC2=C(C1)C(N)c1cccc(-c3ccc(F)cc3OC)c1N2. The Bertz CT molecular complexity index is 862. The lowest BCUT2D eigenvalue weighted by Crippen LogP contribution is -2.24. The zero-order valence-corrected chi connectivity index (χ0v) is 14.5. The van der Waals surface area contributed by atoms with Crippen LogP contribution in [-0.2, 0) is 0 Å². The molecule has 0 saturated carbocycles. The van der Waals surface area contributed by atoms with Gasteiger partial charge in [0, 0.05) is 36.0 Å². The fourth-order valence-electron chi connectivity index (χ4n) is 3.77. The van der Waals surface area contributed by atoms with Crippen molar-refractivity contribution >= 4 is 5.69 Å². The van der Waals surface area contributed by atoms with Crippen molar-refractivity contribution in [3.05, 3.63) is 59.0 Å². The second-order valence-corrected chi connectivity index (χ2v) is 6.52. The number of para-hydroxylation sites is 1. The Kier molecular flexibility index (Phi) is 3.98. The van der Waals surface area contributed by atoms with Crippen molar-refractivity contribution in [1.82, 2.24) is 4.90 Å². The van der Waals surface area contributed by atoms with Gasteiger partial charge >= 0.3 is 0 Å². The first-order valence-corrected chi connectivity index (χ1v) is 8.56. The largest absolute Gasteiger partial charge is 0.496 e. The van der Waals surface area contributed by atoms with E-state index in [2.05, 4.69) is 23.2 Å². The smallest absolute Gasteiger partial charge is 0.129 e. The molecule has 2 heterocycles. The minimum Gasteiger partial charge on any atom is -0.496 e. The first-order valence-electron chi connectivity index (χ1n) is 8.56. The number of nitrogens with zero attached hydrogens (tertiary/aromatic N) is 1. The van der Waals surface area contributed by atoms with Crippen LogP contribution in [0.2, 0.25) is 0 Å². The predicted molar refractivity (Wildman–Crippen MR) is 98.1 cm³/mol. The number of anilines is 1. The van der Waals surface area contributed by atoms with E-state index >= 15 is 0 Å². The van der Waals surface area contributed by atoms with Gasteiger partial charge in [-0.3, -0.25) is 4.90 Å². The minimum atomic E-state index is -0.311. The molecule has 0 amide bonds. The molecule has 130 valence electrons. The van der Waals surface area contributed by atoms with Gasteiger partial charge in [-0.25, -0.2) is 4.39 Å². The van der Waals surface area contributed by atoms with Crippen LogP contribution in [0.25, 0.3) is 11.1 Å². The van der Waals surface area contributed by atoms with Crippen molar-refractivity contribution in [2.45, 2.75) is 13.0 Å². The fourth-order valence-corrected chi connectivity index (χ4v) is 3.77. The molecule has 25 heavy (non-hydrogen) atoms. The Hall–Kier alpha value is -2.37. The second kappa shape index (κ2) is 6.17. The molecule has 5 heteroatoms. The van der Waals surface area contributed by atoms with E-state index in [1.54, 1.807) is 13.2 Å². The topological polar surface area (TPSA) is 50.5 Å². The fraction of sp³-hybridized carbons (Fsp3) is 0.300. The lowest BCUT2D eigenvalue weighted by atomic mass is 9.89. The van der Waals surface area contributed by atoms with Crippen molar-refractivity contribution in [1.29, 1.82) is 0 Å². The second-order valence-electron chi connectivity index (χ2n) is 6.52. The highest BCUT2D eigenvalue weighted by atomic mass is 19.1. The normalized spacial score (nSPS) is 19.4. The molecule has 2 aromatic rings. The summed E-state index contributed by atoms with van der Waals surface area (Å²) in [5.41, 5.74) is 12.9. The third-order valence-electron chi connectivity index (χ3n) is 5.15. The molecule has 0 aliphatic carbocycles. The molecule has 0 spiro atoms. The maximum atomic E-state index is 13.6. The summed E-state index contributed by atoms with van der Waals surface area (Å²) in [4.78, 5) is 2.36. The third kappa shape index (κ3) is 2.60. The van der Waals surface area contributed by atoms with Gasteiger partial charge in [0.25, 0.3) is 0 Å². The van der Waals surface area contributed by atoms with Crippen LogP contribution in [0.5, 0.6) is 5.75 Å². The van der Waals surface area contributed by atoms with Crippen molar-refractivity contribution in [3.63, 3.8) is 0 Å². The van der Waals surface area contributed by atoms with Crippen molar-refractivity contribution in [2.24, 2.45) is 5.73 Å². The number of rotatable bonds is 3. The first kappa shape index (κ1) is 16.1. The van der Waals surface area contributed by atoms with Crippen LogP contribution in [0.15, 0.2) is 47.7 Å². The van der Waals surface area contributed by atoms with Gasteiger partial charge in [-0.2, -0.15) is 0 Å². The molecule has 1 atom stereocenters. The van der Waals surface area contributed by atoms with E-state index in [0.717, 1.165) is 42.0 Å². The van der Waals surface area contributed by atoms with Crippen molar-refractivity contribution in [3.8, 4) is 16.9 Å². The molecule has 2 aliphatic heterocycles. The monoisotopic (exact) mass is 339 g/mol. The molecular formula is C20H22FN3O. The number of likely N-dealkylation sites (N-methyl/N-ethyl adjacent to an activating group) is 1. The molecule has 0 bridgehead atoms. The van der Waals surface area contributed by atoms with Gasteiger partial charge in [0.05, 0.1) is 18.8 Å². The summed E-state index contributed by atoms with van der Waals surface area (Å²) in [5, 5.41) is 3.60. The molecule has 4 rings (SSSR count). The van der Waals surface area contributed by atoms with E-state index in [1.165, 1.54) is 23.4 Å². The molecular weight excluding hydrogens is 317 g/mol. The third-order valence-corrected chi connectivity index (χ3v) is 5.15. The van der Waals surface area contributed by atoms with Crippen LogP contribution in [0.3, 0.4) is 0 Å². The molecule has 0 aromatic heterocycles. The lowest BCUT2D eigenvalue weighted by Gasteiger charge is -2.28. The summed E-state index contributed by atoms with van der Waals surface area (Å²) in [5.74, 6) is 0.208. The average Bonchev–Trinajstić information content (AvgIpc) is 3.05. The van der Waals surface area contributed by atoms with E-state index in [9.17, 15) is 4.39 Å². The summed E-state index contributed by atoms with van der Waals surface area (Å²) in [7, 11) is 1.56. The van der Waals surface area contributed by atoms with Crippen LogP contribution in [0.1, 0.15) is 18.5 Å². The Balaban J connectivity index is 1.82. The standard InChI is InChI=1S/C20H22FN3O/c1-3-24-10-16-17(11-24)23-20-14(5-4-6-15(20)19(16)22)13-8-7-12(21)9-18(13)25-2/h4-9,19,23H,3,10-11,22H2,1-2H3. The zero-order chi connectivity index (χ0) is 17.6. The quantitative estimate of drug-likeness (QED) is 0.898. The summed E-state index contributed by atoms with van der Waals surface area (Å²) in [6, 6.07) is 10.6. The maximum Gasteiger partial charge on any atom is 0.129 e. The van der Waals surface area contributed by atoms with Crippen LogP contribution < -0.4 is 15.8 Å². The number of nitrogens with one attached hydrogen (secondary N) is 1. The van der Waals surface area contributed by atoms with Gasteiger partial charge in [-0.15, -0.1) is 0 Å². The van der Waals surface area contributed by atoms with Crippen LogP contribution in [0.4, 0.5) is 10.1 Å². The molecule has 1 unspecified atom stereocenters. The van der Waals surface area contributed by atoms with Crippen LogP contribution in [-0.4, -0.2) is 31.6 Å². The average molecular weight is 339 g/mol. The zero-order valence-electron chi connectivity index (χ0n) is 14.5. The molecule has 2 aromatic carbocycles. The molecule has 0 fully saturated rings. The number of nitrogens with two attached hydrogens (primary N) is 1. The Morgan fingerprint density at radius 2 is 2.08 bits per heavy atom. The summed E-state index contributed by atoms with van der Waals surface area (Å²) in [6.45, 7) is 4.94. The van der Waals surface area contributed by atoms with Crippen molar-refractivity contribution in [2.75, 3.05) is 32.1 Å². The van der Waals surface area contributed by atoms with Gasteiger partial charge < -0.3 is 15.8 Å². The number of methoxy groups -OCH3 is 1.